The highest BCUT2D eigenvalue weighted by Gasteiger charge is 2.62. The average molecular weight is 426 g/mol. The molecule has 0 spiro atoms. The first-order valence-corrected chi connectivity index (χ1v) is 10.1. The van der Waals surface area contributed by atoms with Gasteiger partial charge >= 0.3 is 0 Å². The van der Waals surface area contributed by atoms with Gasteiger partial charge in [-0.1, -0.05) is 42.0 Å². The minimum atomic E-state index is -0.404. The van der Waals surface area contributed by atoms with Gasteiger partial charge in [-0.05, 0) is 47.0 Å². The number of benzene rings is 2. The Morgan fingerprint density at radius 1 is 0.889 bits per heavy atom. The van der Waals surface area contributed by atoms with Crippen molar-refractivity contribution in [3.05, 3.63) is 64.1 Å². The molecule has 27 heavy (non-hydrogen) atoms. The molecule has 3 heterocycles. The lowest BCUT2D eigenvalue weighted by Gasteiger charge is -2.30. The molecule has 0 saturated carbocycles. The molecule has 5 rings (SSSR count). The normalized spacial score (nSPS) is 28.1. The molecule has 138 valence electrons. The number of imide groups is 1. The van der Waals surface area contributed by atoms with Crippen LogP contribution >= 0.6 is 15.9 Å². The summed E-state index contributed by atoms with van der Waals surface area (Å²) in [6.07, 6.45) is 1.02. The molecular weight excluding hydrogens is 406 g/mol. The van der Waals surface area contributed by atoms with Gasteiger partial charge in [-0.25, -0.2) is 14.9 Å². The first kappa shape index (κ1) is 17.1. The number of anilines is 1. The molecular formula is C21H20BrN3O2. The van der Waals surface area contributed by atoms with E-state index in [0.29, 0.717) is 5.69 Å². The number of hydrogen-bond acceptors (Lipinski definition) is 4. The third-order valence-corrected chi connectivity index (χ3v) is 6.59. The molecule has 0 bridgehead atoms. The van der Waals surface area contributed by atoms with Crippen molar-refractivity contribution in [3.63, 3.8) is 0 Å². The fourth-order valence-electron chi connectivity index (χ4n) is 4.75. The fourth-order valence-corrected chi connectivity index (χ4v) is 5.21. The molecule has 2 aromatic rings. The third-order valence-electron chi connectivity index (χ3n) is 5.92. The summed E-state index contributed by atoms with van der Waals surface area (Å²) in [6.45, 7) is 3.77. The van der Waals surface area contributed by atoms with Crippen LogP contribution in [0.4, 0.5) is 5.69 Å². The summed E-state index contributed by atoms with van der Waals surface area (Å²) in [5.41, 5.74) is 2.93. The van der Waals surface area contributed by atoms with Crippen LogP contribution in [0.25, 0.3) is 0 Å². The molecule has 5 nitrogen and oxygen atoms in total. The van der Waals surface area contributed by atoms with Crippen molar-refractivity contribution in [1.82, 2.24) is 10.0 Å². The second kappa shape index (κ2) is 6.26. The molecule has 0 unspecified atom stereocenters. The van der Waals surface area contributed by atoms with E-state index in [1.165, 1.54) is 10.5 Å². The van der Waals surface area contributed by atoms with Gasteiger partial charge in [-0.15, -0.1) is 0 Å². The van der Waals surface area contributed by atoms with Gasteiger partial charge in [0, 0.05) is 17.6 Å². The summed E-state index contributed by atoms with van der Waals surface area (Å²) in [5, 5.41) is 4.37. The summed E-state index contributed by atoms with van der Waals surface area (Å²) < 4.78 is 0.761. The summed E-state index contributed by atoms with van der Waals surface area (Å²) in [7, 11) is 0. The minimum Gasteiger partial charge on any atom is -0.274 e. The van der Waals surface area contributed by atoms with Crippen LogP contribution in [0.1, 0.15) is 23.6 Å². The molecule has 3 fully saturated rings. The summed E-state index contributed by atoms with van der Waals surface area (Å²) in [6, 6.07) is 15.3. The number of carbonyl (C=O) groups is 2. The Morgan fingerprint density at radius 3 is 2.26 bits per heavy atom. The van der Waals surface area contributed by atoms with Gasteiger partial charge in [0.1, 0.15) is 6.04 Å². The Kier molecular flexibility index (Phi) is 3.96. The van der Waals surface area contributed by atoms with Crippen molar-refractivity contribution in [2.45, 2.75) is 25.4 Å². The zero-order chi connectivity index (χ0) is 18.7. The standard InChI is InChI=1S/C21H20BrN3O2/c1-13-7-9-14(10-8-13)18-17-19(24-12-4-11-23(18)24)21(27)25(20(17)26)16-6-3-2-5-15(16)22/h2-3,5-10,17-19H,4,11-12H2,1H3/t17-,18+,19-/m0/s1. The van der Waals surface area contributed by atoms with Crippen molar-refractivity contribution in [1.29, 1.82) is 0 Å². The van der Waals surface area contributed by atoms with Crippen LogP contribution < -0.4 is 4.90 Å². The van der Waals surface area contributed by atoms with Gasteiger partial charge in [0.15, 0.2) is 0 Å². The summed E-state index contributed by atoms with van der Waals surface area (Å²) in [5.74, 6) is -0.581. The van der Waals surface area contributed by atoms with E-state index in [1.807, 2.05) is 24.3 Å². The van der Waals surface area contributed by atoms with Gasteiger partial charge in [0.2, 0.25) is 5.91 Å². The van der Waals surface area contributed by atoms with Crippen molar-refractivity contribution in [2.75, 3.05) is 18.0 Å². The number of rotatable bonds is 2. The minimum absolute atomic E-state index is 0.0814. The second-order valence-electron chi connectivity index (χ2n) is 7.47. The first-order chi connectivity index (χ1) is 13.1. The monoisotopic (exact) mass is 425 g/mol. The lowest BCUT2D eigenvalue weighted by Crippen LogP contribution is -2.44. The van der Waals surface area contributed by atoms with Crippen LogP contribution in [-0.2, 0) is 9.59 Å². The van der Waals surface area contributed by atoms with Gasteiger partial charge in [0.05, 0.1) is 17.6 Å². The lowest BCUT2D eigenvalue weighted by molar-refractivity contribution is -0.126. The molecule has 3 aliphatic rings. The predicted molar refractivity (Wildman–Crippen MR) is 106 cm³/mol. The van der Waals surface area contributed by atoms with E-state index in [0.717, 1.165) is 29.5 Å². The van der Waals surface area contributed by atoms with E-state index < -0.39 is 6.04 Å². The Labute approximate surface area is 166 Å². The van der Waals surface area contributed by atoms with E-state index in [2.05, 4.69) is 57.1 Å². The maximum Gasteiger partial charge on any atom is 0.253 e. The Bertz CT molecular complexity index is 929. The summed E-state index contributed by atoms with van der Waals surface area (Å²) >= 11 is 3.50. The van der Waals surface area contributed by atoms with Crippen LogP contribution in [0.3, 0.4) is 0 Å². The number of amides is 2. The maximum absolute atomic E-state index is 13.5. The zero-order valence-electron chi connectivity index (χ0n) is 15.0. The van der Waals surface area contributed by atoms with Crippen molar-refractivity contribution in [2.24, 2.45) is 5.92 Å². The van der Waals surface area contributed by atoms with E-state index in [9.17, 15) is 9.59 Å². The first-order valence-electron chi connectivity index (χ1n) is 9.30. The molecule has 3 atom stereocenters. The highest BCUT2D eigenvalue weighted by Crippen LogP contribution is 2.49. The van der Waals surface area contributed by atoms with Gasteiger partial charge in [-0.2, -0.15) is 0 Å². The molecule has 3 saturated heterocycles. The fraction of sp³-hybridized carbons (Fsp3) is 0.333. The van der Waals surface area contributed by atoms with E-state index in [4.69, 9.17) is 0 Å². The number of hydrogen-bond donors (Lipinski definition) is 0. The molecule has 0 radical (unpaired) electrons. The van der Waals surface area contributed by atoms with Crippen molar-refractivity contribution in [3.8, 4) is 0 Å². The zero-order valence-corrected chi connectivity index (χ0v) is 16.6. The number of carbonyl (C=O) groups excluding carboxylic acids is 2. The number of fused-ring (bicyclic) bond motifs is 3. The van der Waals surface area contributed by atoms with Gasteiger partial charge in [-0.3, -0.25) is 9.59 Å². The van der Waals surface area contributed by atoms with E-state index in [1.54, 1.807) is 0 Å². The highest BCUT2D eigenvalue weighted by atomic mass is 79.9. The van der Waals surface area contributed by atoms with Crippen LogP contribution in [0.15, 0.2) is 53.0 Å². The predicted octanol–water partition coefficient (Wildman–Crippen LogP) is 3.29. The lowest BCUT2D eigenvalue weighted by atomic mass is 9.89. The number of hydrazine groups is 1. The van der Waals surface area contributed by atoms with Crippen molar-refractivity contribution < 1.29 is 9.59 Å². The number of halogens is 1. The van der Waals surface area contributed by atoms with Gasteiger partial charge in [0.25, 0.3) is 5.91 Å². The molecule has 0 N–H and O–H groups in total. The van der Waals surface area contributed by atoms with E-state index in [-0.39, 0.29) is 23.8 Å². The molecule has 2 aromatic carbocycles. The Morgan fingerprint density at radius 2 is 1.56 bits per heavy atom. The largest absolute Gasteiger partial charge is 0.274 e. The number of para-hydroxylation sites is 1. The van der Waals surface area contributed by atoms with Crippen LogP contribution in [-0.4, -0.2) is 41.0 Å². The smallest absolute Gasteiger partial charge is 0.253 e. The maximum atomic E-state index is 13.5. The van der Waals surface area contributed by atoms with Crippen LogP contribution in [0.5, 0.6) is 0 Å². The third kappa shape index (κ3) is 2.43. The average Bonchev–Trinajstić information content (AvgIpc) is 3.30. The number of aryl methyl sites for hydroxylation is 1. The molecule has 3 aliphatic heterocycles. The molecule has 2 amide bonds. The quantitative estimate of drug-likeness (QED) is 0.692. The van der Waals surface area contributed by atoms with Crippen LogP contribution in [0.2, 0.25) is 0 Å². The molecule has 6 heteroatoms. The number of nitrogens with zero attached hydrogens (tertiary/aromatic N) is 3. The second-order valence-corrected chi connectivity index (χ2v) is 8.32. The Balaban J connectivity index is 1.60. The Hall–Kier alpha value is -2.02. The van der Waals surface area contributed by atoms with Crippen LogP contribution in [0, 0.1) is 12.8 Å². The molecule has 0 aromatic heterocycles. The summed E-state index contributed by atoms with van der Waals surface area (Å²) in [4.78, 5) is 28.2. The topological polar surface area (TPSA) is 43.9 Å². The molecule has 0 aliphatic carbocycles. The SMILES string of the molecule is Cc1ccc([C@@H]2[C@@H]3C(=O)N(c4ccccc4Br)C(=O)[C@H]3N3CCCN23)cc1. The van der Waals surface area contributed by atoms with Crippen molar-refractivity contribution >= 4 is 33.4 Å². The van der Waals surface area contributed by atoms with E-state index >= 15 is 0 Å². The van der Waals surface area contributed by atoms with Gasteiger partial charge < -0.3 is 0 Å². The highest BCUT2D eigenvalue weighted by molar-refractivity contribution is 9.10.